The summed E-state index contributed by atoms with van der Waals surface area (Å²) in [5.74, 6) is -4.51. The van der Waals surface area contributed by atoms with Crippen LogP contribution in [0.15, 0.2) is 0 Å². The highest BCUT2D eigenvalue weighted by Gasteiger charge is 2.52. The van der Waals surface area contributed by atoms with Crippen molar-refractivity contribution in [3.8, 4) is 0 Å². The molecule has 0 aliphatic heterocycles. The van der Waals surface area contributed by atoms with Crippen LogP contribution < -0.4 is 11.1 Å². The summed E-state index contributed by atoms with van der Waals surface area (Å²) in [5, 5.41) is 1.14. The maximum atomic E-state index is 12.1. The molecule has 0 aromatic carbocycles. The van der Waals surface area contributed by atoms with Gasteiger partial charge >= 0.3 is 13.8 Å². The number of carbonyl (C=O) groups is 1. The van der Waals surface area contributed by atoms with Crippen molar-refractivity contribution >= 4 is 13.5 Å². The third-order valence-corrected chi connectivity index (χ3v) is 2.43. The Bertz CT molecular complexity index is 286. The van der Waals surface area contributed by atoms with Crippen molar-refractivity contribution in [1.82, 2.24) is 5.32 Å². The Balaban J connectivity index is 4.86. The van der Waals surface area contributed by atoms with Crippen LogP contribution in [0.2, 0.25) is 0 Å². The van der Waals surface area contributed by atoms with Crippen molar-refractivity contribution in [2.24, 2.45) is 5.73 Å². The average molecular weight is 250 g/mol. The number of hydrogen-bond acceptors (Lipinski definition) is 3. The molecule has 0 saturated heterocycles. The van der Waals surface area contributed by atoms with Crippen LogP contribution in [-0.4, -0.2) is 33.7 Å². The summed E-state index contributed by atoms with van der Waals surface area (Å²) in [4.78, 5) is 27.5. The van der Waals surface area contributed by atoms with E-state index in [4.69, 9.17) is 15.5 Å². The number of nitrogens with one attached hydrogen (secondary N) is 1. The third kappa shape index (κ3) is 4.61. The lowest BCUT2D eigenvalue weighted by Gasteiger charge is -2.22. The fraction of sp³-hybridized carbons (Fsp3) is 0.800. The van der Waals surface area contributed by atoms with Crippen LogP contribution in [0, 0.1) is 0 Å². The van der Waals surface area contributed by atoms with E-state index in [0.717, 1.165) is 12.2 Å². The predicted molar refractivity (Wildman–Crippen MR) is 43.7 cm³/mol. The second-order valence-electron chi connectivity index (χ2n) is 2.83. The van der Waals surface area contributed by atoms with E-state index in [1.807, 2.05) is 0 Å². The molecule has 0 saturated carbocycles. The zero-order valence-electron chi connectivity index (χ0n) is 7.52. The first-order valence-corrected chi connectivity index (χ1v) is 5.32. The van der Waals surface area contributed by atoms with E-state index in [1.54, 1.807) is 0 Å². The minimum Gasteiger partial charge on any atom is -0.333 e. The van der Waals surface area contributed by atoms with E-state index in [0.29, 0.717) is 0 Å². The minimum absolute atomic E-state index is 1.09. The topological polar surface area (TPSA) is 113 Å². The van der Waals surface area contributed by atoms with Crippen molar-refractivity contribution in [3.63, 3.8) is 0 Å². The molecule has 0 fully saturated rings. The molecule has 0 aliphatic rings. The van der Waals surface area contributed by atoms with Crippen molar-refractivity contribution < 1.29 is 32.3 Å². The fourth-order valence-corrected chi connectivity index (χ4v) is 1.30. The molecule has 6 nitrogen and oxygen atoms in total. The molecule has 0 heterocycles. The van der Waals surface area contributed by atoms with Crippen LogP contribution in [0.4, 0.5) is 13.2 Å². The highest BCUT2D eigenvalue weighted by molar-refractivity contribution is 7.52. The van der Waals surface area contributed by atoms with E-state index in [9.17, 15) is 22.5 Å². The van der Waals surface area contributed by atoms with Gasteiger partial charge in [-0.2, -0.15) is 13.2 Å². The van der Waals surface area contributed by atoms with Crippen LogP contribution in [0.3, 0.4) is 0 Å². The Morgan fingerprint density at radius 3 is 2.07 bits per heavy atom. The SMILES string of the molecule is CC(N)C(=O)NC(C(F)(F)F)P(=O)(O)O. The number of nitrogens with two attached hydrogens (primary N) is 1. The first kappa shape index (κ1) is 14.4. The molecule has 0 aromatic heterocycles. The Kier molecular flexibility index (Phi) is 4.29. The molecule has 0 radical (unpaired) electrons. The summed E-state index contributed by atoms with van der Waals surface area (Å²) in [6.45, 7) is 1.09. The first-order chi connectivity index (χ1) is 6.46. The van der Waals surface area contributed by atoms with Gasteiger partial charge in [-0.05, 0) is 6.92 Å². The molecule has 5 N–H and O–H groups in total. The van der Waals surface area contributed by atoms with Gasteiger partial charge in [-0.3, -0.25) is 9.36 Å². The minimum atomic E-state index is -5.50. The van der Waals surface area contributed by atoms with Crippen LogP contribution in [0.1, 0.15) is 6.92 Å². The Morgan fingerprint density at radius 1 is 1.47 bits per heavy atom. The van der Waals surface area contributed by atoms with Crippen LogP contribution in [0.5, 0.6) is 0 Å². The summed E-state index contributed by atoms with van der Waals surface area (Å²) in [6.07, 6.45) is -5.23. The van der Waals surface area contributed by atoms with Gasteiger partial charge in [-0.15, -0.1) is 0 Å². The molecular weight excluding hydrogens is 240 g/mol. The highest BCUT2D eigenvalue weighted by Crippen LogP contribution is 2.47. The van der Waals surface area contributed by atoms with E-state index in [2.05, 4.69) is 0 Å². The summed E-state index contributed by atoms with van der Waals surface area (Å²) in [5.41, 5.74) is 4.94. The van der Waals surface area contributed by atoms with Crippen molar-refractivity contribution in [1.29, 1.82) is 0 Å². The van der Waals surface area contributed by atoms with Crippen molar-refractivity contribution in [2.75, 3.05) is 0 Å². The zero-order chi connectivity index (χ0) is 12.4. The Hall–Kier alpha value is -0.630. The van der Waals surface area contributed by atoms with Gasteiger partial charge in [-0.25, -0.2) is 0 Å². The molecule has 0 aromatic rings. The molecule has 90 valence electrons. The van der Waals surface area contributed by atoms with E-state index in [1.165, 1.54) is 0 Å². The lowest BCUT2D eigenvalue weighted by molar-refractivity contribution is -0.149. The number of hydrogen-bond donors (Lipinski definition) is 4. The summed E-state index contributed by atoms with van der Waals surface area (Å²) >= 11 is 0. The first-order valence-electron chi connectivity index (χ1n) is 3.64. The largest absolute Gasteiger partial charge is 0.420 e. The monoisotopic (exact) mass is 250 g/mol. The lowest BCUT2D eigenvalue weighted by Crippen LogP contribution is -2.49. The molecule has 0 spiro atoms. The third-order valence-electron chi connectivity index (χ3n) is 1.34. The van der Waals surface area contributed by atoms with E-state index >= 15 is 0 Å². The normalized spacial score (nSPS) is 17.0. The zero-order valence-corrected chi connectivity index (χ0v) is 8.42. The van der Waals surface area contributed by atoms with Gasteiger partial charge < -0.3 is 20.8 Å². The molecule has 0 aliphatic carbocycles. The van der Waals surface area contributed by atoms with Crippen LogP contribution in [0.25, 0.3) is 0 Å². The summed E-state index contributed by atoms with van der Waals surface area (Å²) in [6, 6.07) is -1.29. The molecule has 2 atom stereocenters. The number of amides is 1. The molecule has 15 heavy (non-hydrogen) atoms. The second kappa shape index (κ2) is 4.48. The molecule has 0 bridgehead atoms. The molecular formula is C5H10F3N2O4P. The predicted octanol–water partition coefficient (Wildman–Crippen LogP) is -0.484. The maximum Gasteiger partial charge on any atom is 0.420 e. The maximum absolute atomic E-state index is 12.1. The second-order valence-corrected chi connectivity index (χ2v) is 4.53. The average Bonchev–Trinajstić information content (AvgIpc) is 1.94. The smallest absolute Gasteiger partial charge is 0.333 e. The molecule has 1 amide bonds. The van der Waals surface area contributed by atoms with Crippen LogP contribution >= 0.6 is 7.60 Å². The number of rotatable bonds is 3. The van der Waals surface area contributed by atoms with E-state index < -0.39 is 31.5 Å². The van der Waals surface area contributed by atoms with Crippen molar-refractivity contribution in [3.05, 3.63) is 0 Å². The summed E-state index contributed by atoms with van der Waals surface area (Å²) < 4.78 is 46.7. The van der Waals surface area contributed by atoms with Gasteiger partial charge in [0.05, 0.1) is 6.04 Å². The molecule has 10 heteroatoms. The van der Waals surface area contributed by atoms with Crippen LogP contribution in [-0.2, 0) is 9.36 Å². The standard InChI is InChI=1S/C5H10F3N2O4P/c1-2(9)3(11)10-4(5(6,7)8)15(12,13)14/h2,4H,9H2,1H3,(H,10,11)(H2,12,13,14). The van der Waals surface area contributed by atoms with Gasteiger partial charge in [0.2, 0.25) is 11.7 Å². The Morgan fingerprint density at radius 2 is 1.87 bits per heavy atom. The summed E-state index contributed by atoms with van der Waals surface area (Å²) in [7, 11) is -5.50. The number of halogens is 3. The quantitative estimate of drug-likeness (QED) is 0.505. The fourth-order valence-electron chi connectivity index (χ4n) is 0.623. The van der Waals surface area contributed by atoms with Crippen molar-refractivity contribution in [2.45, 2.75) is 24.9 Å². The van der Waals surface area contributed by atoms with Gasteiger partial charge in [0.15, 0.2) is 0 Å². The highest BCUT2D eigenvalue weighted by atomic mass is 31.2. The number of carbonyl (C=O) groups excluding carboxylic acids is 1. The number of alkyl halides is 3. The van der Waals surface area contributed by atoms with Gasteiger partial charge in [0.25, 0.3) is 0 Å². The Labute approximate surface area is 82.8 Å². The van der Waals surface area contributed by atoms with Gasteiger partial charge in [0.1, 0.15) is 0 Å². The molecule has 2 unspecified atom stereocenters. The van der Waals surface area contributed by atoms with E-state index in [-0.39, 0.29) is 0 Å². The van der Waals surface area contributed by atoms with Gasteiger partial charge in [0, 0.05) is 0 Å². The molecule has 0 rings (SSSR count). The van der Waals surface area contributed by atoms with Gasteiger partial charge in [-0.1, -0.05) is 0 Å². The lowest BCUT2D eigenvalue weighted by atomic mass is 10.3.